The molecule has 0 aliphatic carbocycles. The standard InChI is InChI=1S/C39H48N8O3.C2H6O/c1-6-7-8-33-45-36-37(31-18-15-29(24-48)19-32(31)44-38(36)41)46(33)21-26-9-11-27(12-10-26)22-47(4,5)23-28-13-16-30(17-14-28)43-34(49)20-42-39(50)35(40)25(2)3;1-3-2/h9-19,24-25,35H,6-8,20-23,40H2,1-5H3,(H3-,41,42,43,44,49,50);1-2H3/p+1. The third-order valence-corrected chi connectivity index (χ3v) is 8.96. The molecule has 2 amide bonds. The minimum atomic E-state index is -0.645. The third kappa shape index (κ3) is 10.9. The van der Waals surface area contributed by atoms with Crippen molar-refractivity contribution in [1.82, 2.24) is 19.9 Å². The molecule has 53 heavy (non-hydrogen) atoms. The van der Waals surface area contributed by atoms with Gasteiger partial charge in [-0.25, -0.2) is 9.97 Å². The molecule has 1 unspecified atom stereocenters. The summed E-state index contributed by atoms with van der Waals surface area (Å²) in [7, 11) is 7.65. The lowest BCUT2D eigenvalue weighted by Crippen LogP contribution is -2.46. The maximum Gasteiger partial charge on any atom is 0.243 e. The minimum absolute atomic E-state index is 0.00781. The fourth-order valence-corrected chi connectivity index (χ4v) is 6.21. The van der Waals surface area contributed by atoms with E-state index in [9.17, 15) is 14.4 Å². The van der Waals surface area contributed by atoms with Crippen LogP contribution >= 0.6 is 0 Å². The maximum atomic E-state index is 12.4. The van der Waals surface area contributed by atoms with Gasteiger partial charge in [-0.1, -0.05) is 69.7 Å². The van der Waals surface area contributed by atoms with Gasteiger partial charge >= 0.3 is 0 Å². The maximum absolute atomic E-state index is 12.4. The first-order chi connectivity index (χ1) is 25.3. The van der Waals surface area contributed by atoms with Crippen LogP contribution in [0, 0.1) is 5.92 Å². The van der Waals surface area contributed by atoms with Gasteiger partial charge in [-0.2, -0.15) is 0 Å². The van der Waals surface area contributed by atoms with Crippen molar-refractivity contribution in [2.75, 3.05) is 45.9 Å². The van der Waals surface area contributed by atoms with Gasteiger partial charge in [-0.3, -0.25) is 14.4 Å². The van der Waals surface area contributed by atoms with E-state index in [0.717, 1.165) is 71.0 Å². The Bertz CT molecular complexity index is 2000. The molecular weight excluding hydrogens is 669 g/mol. The summed E-state index contributed by atoms with van der Waals surface area (Å²) in [5.41, 5.74) is 19.3. The fourth-order valence-electron chi connectivity index (χ4n) is 6.21. The van der Waals surface area contributed by atoms with E-state index in [4.69, 9.17) is 16.5 Å². The largest absolute Gasteiger partial charge is 0.388 e. The van der Waals surface area contributed by atoms with Crippen LogP contribution in [0.3, 0.4) is 0 Å². The number of nitrogens with zero attached hydrogens (tertiary/aromatic N) is 4. The number of imidazole rings is 1. The van der Waals surface area contributed by atoms with E-state index in [-0.39, 0.29) is 24.3 Å². The first-order valence-electron chi connectivity index (χ1n) is 18.0. The molecule has 2 heterocycles. The summed E-state index contributed by atoms with van der Waals surface area (Å²) < 4.78 is 7.24. The predicted octanol–water partition coefficient (Wildman–Crippen LogP) is 5.45. The highest BCUT2D eigenvalue weighted by atomic mass is 16.4. The van der Waals surface area contributed by atoms with Crippen molar-refractivity contribution in [2.45, 2.75) is 65.7 Å². The summed E-state index contributed by atoms with van der Waals surface area (Å²) in [6, 6.07) is 21.4. The molecule has 0 aliphatic rings. The topological polar surface area (TPSA) is 167 Å². The SMILES string of the molecule is CCCCc1nc2c(N)nc3cc(C=O)ccc3c2n1Cc1ccc(C[N+](C)(C)Cc2ccc(NC(=O)CNC(=O)C(N)C(C)C)cc2)cc1.COC. The van der Waals surface area contributed by atoms with E-state index in [1.54, 1.807) is 20.3 Å². The lowest BCUT2D eigenvalue weighted by molar-refractivity contribution is -0.916. The van der Waals surface area contributed by atoms with Crippen LogP contribution in [0.1, 0.15) is 66.5 Å². The number of amides is 2. The summed E-state index contributed by atoms with van der Waals surface area (Å²) in [5.74, 6) is 0.702. The molecule has 5 aromatic rings. The number of unbranched alkanes of at least 4 members (excludes halogenated alkanes) is 1. The number of aryl methyl sites for hydroxylation is 1. The Morgan fingerprint density at radius 1 is 0.943 bits per heavy atom. The molecule has 0 radical (unpaired) electrons. The monoisotopic (exact) mass is 723 g/mol. The molecule has 12 nitrogen and oxygen atoms in total. The van der Waals surface area contributed by atoms with Gasteiger partial charge in [0.25, 0.3) is 0 Å². The predicted molar refractivity (Wildman–Crippen MR) is 212 cm³/mol. The van der Waals surface area contributed by atoms with Crippen LogP contribution in [0.2, 0.25) is 0 Å². The Morgan fingerprint density at radius 3 is 2.13 bits per heavy atom. The fraction of sp³-hybridized carbons (Fsp3) is 0.390. The van der Waals surface area contributed by atoms with Gasteiger partial charge in [-0.15, -0.1) is 0 Å². The number of fused-ring (bicyclic) bond motifs is 3. The zero-order valence-electron chi connectivity index (χ0n) is 32.1. The van der Waals surface area contributed by atoms with Crippen LogP contribution < -0.4 is 22.1 Å². The molecule has 0 spiro atoms. The number of nitrogens with two attached hydrogens (primary N) is 2. The number of aldehydes is 1. The number of hydrogen-bond acceptors (Lipinski definition) is 8. The van der Waals surface area contributed by atoms with E-state index in [2.05, 4.69) is 70.2 Å². The molecule has 0 fully saturated rings. The highest BCUT2D eigenvalue weighted by molar-refractivity contribution is 6.07. The summed E-state index contributed by atoms with van der Waals surface area (Å²) in [4.78, 5) is 45.4. The van der Waals surface area contributed by atoms with Gasteiger partial charge in [0.2, 0.25) is 11.8 Å². The molecule has 282 valence electrons. The van der Waals surface area contributed by atoms with Crippen molar-refractivity contribution in [3.63, 3.8) is 0 Å². The average molecular weight is 724 g/mol. The number of aromatic nitrogens is 3. The normalized spacial score (nSPS) is 12.0. The molecule has 0 saturated carbocycles. The van der Waals surface area contributed by atoms with E-state index in [1.165, 1.54) is 5.56 Å². The number of quaternary nitrogens is 1. The van der Waals surface area contributed by atoms with Crippen molar-refractivity contribution in [1.29, 1.82) is 0 Å². The van der Waals surface area contributed by atoms with Crippen molar-refractivity contribution < 1.29 is 23.6 Å². The third-order valence-electron chi connectivity index (χ3n) is 8.96. The van der Waals surface area contributed by atoms with Crippen LogP contribution in [0.25, 0.3) is 21.9 Å². The molecule has 3 aromatic carbocycles. The summed E-state index contributed by atoms with van der Waals surface area (Å²) in [6.45, 7) is 8.04. The smallest absolute Gasteiger partial charge is 0.243 e. The highest BCUT2D eigenvalue weighted by Crippen LogP contribution is 2.31. The molecule has 0 aliphatic heterocycles. The van der Waals surface area contributed by atoms with E-state index in [0.29, 0.717) is 34.6 Å². The number of nitrogens with one attached hydrogen (secondary N) is 2. The number of methoxy groups -OCH3 is 1. The molecule has 6 N–H and O–H groups in total. The second-order valence-corrected chi connectivity index (χ2v) is 14.5. The van der Waals surface area contributed by atoms with E-state index < -0.39 is 6.04 Å². The van der Waals surface area contributed by atoms with Crippen LogP contribution in [-0.4, -0.2) is 78.0 Å². The van der Waals surface area contributed by atoms with Crippen molar-refractivity contribution in [3.05, 3.63) is 94.8 Å². The number of pyridine rings is 1. The number of carbonyl (C=O) groups is 3. The molecule has 0 bridgehead atoms. The number of benzene rings is 3. The number of rotatable bonds is 15. The molecule has 1 atom stereocenters. The van der Waals surface area contributed by atoms with Crippen LogP contribution in [0.15, 0.2) is 66.7 Å². The zero-order chi connectivity index (χ0) is 38.7. The summed E-state index contributed by atoms with van der Waals surface area (Å²) in [6.07, 6.45) is 3.73. The number of anilines is 2. The van der Waals surface area contributed by atoms with Crippen LogP contribution in [0.4, 0.5) is 11.5 Å². The first kappa shape index (κ1) is 40.6. The average Bonchev–Trinajstić information content (AvgIpc) is 3.49. The quantitative estimate of drug-likeness (QED) is 0.0818. The molecular formula is C41H55N8O4+. The first-order valence-corrected chi connectivity index (χ1v) is 18.0. The van der Waals surface area contributed by atoms with E-state index >= 15 is 0 Å². The second kappa shape index (κ2) is 18.5. The van der Waals surface area contributed by atoms with Crippen LogP contribution in [0.5, 0.6) is 0 Å². The number of ether oxygens (including phenoxy) is 1. The van der Waals surface area contributed by atoms with Crippen molar-refractivity contribution in [2.24, 2.45) is 11.7 Å². The number of hydrogen-bond donors (Lipinski definition) is 4. The van der Waals surface area contributed by atoms with Gasteiger partial charge < -0.3 is 35.9 Å². The van der Waals surface area contributed by atoms with E-state index in [1.807, 2.05) is 50.2 Å². The van der Waals surface area contributed by atoms with Gasteiger partial charge in [0.05, 0.1) is 37.7 Å². The second-order valence-electron chi connectivity index (χ2n) is 14.5. The Morgan fingerprint density at radius 2 is 1.55 bits per heavy atom. The zero-order valence-corrected chi connectivity index (χ0v) is 32.1. The van der Waals surface area contributed by atoms with Gasteiger partial charge in [0.15, 0.2) is 5.82 Å². The molecule has 2 aromatic heterocycles. The van der Waals surface area contributed by atoms with Gasteiger partial charge in [0.1, 0.15) is 30.7 Å². The van der Waals surface area contributed by atoms with Gasteiger partial charge in [0, 0.05) is 54.9 Å². The highest BCUT2D eigenvalue weighted by Gasteiger charge is 2.21. The van der Waals surface area contributed by atoms with Crippen molar-refractivity contribution in [3.8, 4) is 0 Å². The van der Waals surface area contributed by atoms with Gasteiger partial charge in [-0.05, 0) is 42.2 Å². The number of nitrogen functional groups attached to an aromatic ring is 1. The number of carbonyl (C=O) groups excluding carboxylic acids is 3. The molecule has 5 rings (SSSR count). The molecule has 12 heteroatoms. The Labute approximate surface area is 312 Å². The van der Waals surface area contributed by atoms with Crippen molar-refractivity contribution >= 4 is 51.5 Å². The molecule has 0 saturated heterocycles. The minimum Gasteiger partial charge on any atom is -0.388 e. The lowest BCUT2D eigenvalue weighted by Gasteiger charge is -2.30. The summed E-state index contributed by atoms with van der Waals surface area (Å²) in [5, 5.41) is 6.35. The lowest BCUT2D eigenvalue weighted by atomic mass is 10.1. The summed E-state index contributed by atoms with van der Waals surface area (Å²) >= 11 is 0. The van der Waals surface area contributed by atoms with Crippen LogP contribution in [-0.2, 0) is 40.4 Å². The Kier molecular flexibility index (Phi) is 14.2. The Balaban J connectivity index is 0.00000202. The Hall–Kier alpha value is -5.17.